The van der Waals surface area contributed by atoms with Crippen LogP contribution in [0.5, 0.6) is 0 Å². The lowest BCUT2D eigenvalue weighted by Crippen LogP contribution is -2.25. The molecule has 66 valence electrons. The number of hydrogen-bond acceptors (Lipinski definition) is 1. The van der Waals surface area contributed by atoms with E-state index < -0.39 is 0 Å². The fraction of sp³-hybridized carbons (Fsp3) is 1.00. The smallest absolute Gasteiger partial charge is 0.133 e. The van der Waals surface area contributed by atoms with Gasteiger partial charge < -0.3 is 4.74 Å². The van der Waals surface area contributed by atoms with Gasteiger partial charge in [0.2, 0.25) is 0 Å². The molecule has 1 nitrogen and oxygen atoms in total. The van der Waals surface area contributed by atoms with Gasteiger partial charge in [-0.15, -0.1) is 0 Å². The minimum atomic E-state index is -0.0221. The van der Waals surface area contributed by atoms with Gasteiger partial charge in [-0.2, -0.15) is 0 Å². The van der Waals surface area contributed by atoms with E-state index in [9.17, 15) is 0 Å². The largest absolute Gasteiger partial charge is 0.362 e. The van der Waals surface area contributed by atoms with Crippen LogP contribution in [0.3, 0.4) is 0 Å². The highest BCUT2D eigenvalue weighted by Crippen LogP contribution is 2.28. The second-order valence-electron chi connectivity index (χ2n) is 3.75. The quantitative estimate of drug-likeness (QED) is 0.588. The van der Waals surface area contributed by atoms with Crippen LogP contribution in [0.25, 0.3) is 0 Å². The van der Waals surface area contributed by atoms with Crippen molar-refractivity contribution in [2.45, 2.75) is 38.7 Å². The molecule has 0 amide bonds. The standard InChI is InChI=1S/C9H17ClO/c1-7(2)6-8-4-3-5-11-9(8)10/h7-9H,3-6H2,1-2H3. The van der Waals surface area contributed by atoms with E-state index in [1.807, 2.05) is 0 Å². The Kier molecular flexibility index (Phi) is 3.67. The summed E-state index contributed by atoms with van der Waals surface area (Å²) >= 11 is 6.00. The first-order valence-corrected chi connectivity index (χ1v) is 4.89. The van der Waals surface area contributed by atoms with Crippen LogP contribution < -0.4 is 0 Å². The molecule has 2 atom stereocenters. The molecule has 1 fully saturated rings. The highest BCUT2D eigenvalue weighted by atomic mass is 35.5. The average Bonchev–Trinajstić information content (AvgIpc) is 1.93. The normalized spacial score (nSPS) is 32.7. The molecule has 0 aromatic heterocycles. The summed E-state index contributed by atoms with van der Waals surface area (Å²) in [5.41, 5.74) is -0.0221. The van der Waals surface area contributed by atoms with Crippen molar-refractivity contribution in [3.05, 3.63) is 0 Å². The molecule has 0 aromatic rings. The van der Waals surface area contributed by atoms with Crippen LogP contribution in [0.1, 0.15) is 33.1 Å². The van der Waals surface area contributed by atoms with Crippen LogP contribution in [-0.4, -0.2) is 12.2 Å². The summed E-state index contributed by atoms with van der Waals surface area (Å²) in [6.07, 6.45) is 3.63. The molecule has 0 N–H and O–H groups in total. The van der Waals surface area contributed by atoms with E-state index in [-0.39, 0.29) is 5.56 Å². The van der Waals surface area contributed by atoms with Crippen LogP contribution in [0.15, 0.2) is 0 Å². The van der Waals surface area contributed by atoms with Crippen molar-refractivity contribution in [1.29, 1.82) is 0 Å². The minimum absolute atomic E-state index is 0.0221. The molecular formula is C9H17ClO. The molecule has 0 aromatic carbocycles. The predicted octanol–water partition coefficient (Wildman–Crippen LogP) is 3.02. The SMILES string of the molecule is CC(C)CC1CCCOC1Cl. The van der Waals surface area contributed by atoms with Gasteiger partial charge in [0, 0.05) is 6.61 Å². The third-order valence-corrected chi connectivity index (χ3v) is 2.62. The molecule has 0 aliphatic carbocycles. The van der Waals surface area contributed by atoms with Crippen molar-refractivity contribution in [3.63, 3.8) is 0 Å². The lowest BCUT2D eigenvalue weighted by Gasteiger charge is -2.28. The molecule has 0 saturated carbocycles. The molecule has 1 rings (SSSR count). The number of halogens is 1. The summed E-state index contributed by atoms with van der Waals surface area (Å²) in [6, 6.07) is 0. The number of alkyl halides is 1. The Bertz CT molecular complexity index is 114. The van der Waals surface area contributed by atoms with Gasteiger partial charge in [0.1, 0.15) is 5.56 Å². The zero-order valence-electron chi connectivity index (χ0n) is 7.35. The van der Waals surface area contributed by atoms with E-state index in [2.05, 4.69) is 13.8 Å². The van der Waals surface area contributed by atoms with E-state index in [4.69, 9.17) is 16.3 Å². The zero-order chi connectivity index (χ0) is 8.27. The fourth-order valence-corrected chi connectivity index (χ4v) is 1.96. The van der Waals surface area contributed by atoms with Gasteiger partial charge in [0.05, 0.1) is 0 Å². The first kappa shape index (κ1) is 9.34. The maximum Gasteiger partial charge on any atom is 0.133 e. The molecule has 0 radical (unpaired) electrons. The Labute approximate surface area is 74.1 Å². The summed E-state index contributed by atoms with van der Waals surface area (Å²) in [7, 11) is 0. The van der Waals surface area contributed by atoms with E-state index in [1.54, 1.807) is 0 Å². The first-order valence-electron chi connectivity index (χ1n) is 4.46. The van der Waals surface area contributed by atoms with E-state index >= 15 is 0 Å². The van der Waals surface area contributed by atoms with Crippen molar-refractivity contribution in [1.82, 2.24) is 0 Å². The van der Waals surface area contributed by atoms with Crippen LogP contribution in [0, 0.1) is 11.8 Å². The first-order chi connectivity index (χ1) is 5.20. The van der Waals surface area contributed by atoms with Gasteiger partial charge in [-0.1, -0.05) is 25.4 Å². The lowest BCUT2D eigenvalue weighted by molar-refractivity contribution is 0.0179. The van der Waals surface area contributed by atoms with Crippen molar-refractivity contribution < 1.29 is 4.74 Å². The van der Waals surface area contributed by atoms with Crippen LogP contribution in [-0.2, 0) is 4.74 Å². The molecule has 1 heterocycles. The molecule has 2 unspecified atom stereocenters. The summed E-state index contributed by atoms with van der Waals surface area (Å²) < 4.78 is 5.36. The van der Waals surface area contributed by atoms with Gasteiger partial charge in [-0.05, 0) is 31.1 Å². The molecule has 0 spiro atoms. The zero-order valence-corrected chi connectivity index (χ0v) is 8.10. The van der Waals surface area contributed by atoms with Crippen LogP contribution in [0.2, 0.25) is 0 Å². The summed E-state index contributed by atoms with van der Waals surface area (Å²) in [6.45, 7) is 5.32. The number of hydrogen-bond donors (Lipinski definition) is 0. The van der Waals surface area contributed by atoms with Crippen LogP contribution >= 0.6 is 11.6 Å². The van der Waals surface area contributed by atoms with E-state index in [0.717, 1.165) is 12.5 Å². The summed E-state index contributed by atoms with van der Waals surface area (Å²) in [5, 5.41) is 0. The molecule has 1 aliphatic rings. The molecular weight excluding hydrogens is 160 g/mol. The van der Waals surface area contributed by atoms with Gasteiger partial charge in [0.25, 0.3) is 0 Å². The summed E-state index contributed by atoms with van der Waals surface area (Å²) in [5.74, 6) is 1.33. The Morgan fingerprint density at radius 1 is 1.55 bits per heavy atom. The minimum Gasteiger partial charge on any atom is -0.362 e. The maximum atomic E-state index is 6.00. The topological polar surface area (TPSA) is 9.23 Å². The highest BCUT2D eigenvalue weighted by molar-refractivity contribution is 6.19. The predicted molar refractivity (Wildman–Crippen MR) is 47.8 cm³/mol. The van der Waals surface area contributed by atoms with Gasteiger partial charge >= 0.3 is 0 Å². The Morgan fingerprint density at radius 2 is 2.27 bits per heavy atom. The van der Waals surface area contributed by atoms with E-state index in [1.165, 1.54) is 19.3 Å². The van der Waals surface area contributed by atoms with Crippen molar-refractivity contribution in [2.24, 2.45) is 11.8 Å². The third-order valence-electron chi connectivity index (χ3n) is 2.14. The van der Waals surface area contributed by atoms with Crippen molar-refractivity contribution in [3.8, 4) is 0 Å². The maximum absolute atomic E-state index is 6.00. The van der Waals surface area contributed by atoms with Crippen molar-refractivity contribution >= 4 is 11.6 Å². The second-order valence-corrected chi connectivity index (χ2v) is 4.18. The molecule has 1 saturated heterocycles. The second kappa shape index (κ2) is 4.32. The molecule has 0 bridgehead atoms. The molecule has 1 aliphatic heterocycles. The van der Waals surface area contributed by atoms with Gasteiger partial charge in [-0.25, -0.2) is 0 Å². The average molecular weight is 177 g/mol. The number of rotatable bonds is 2. The van der Waals surface area contributed by atoms with Crippen LogP contribution in [0.4, 0.5) is 0 Å². The Hall–Kier alpha value is 0.250. The van der Waals surface area contributed by atoms with Gasteiger partial charge in [-0.3, -0.25) is 0 Å². The molecule has 2 heteroatoms. The third kappa shape index (κ3) is 3.00. The number of ether oxygens (including phenoxy) is 1. The fourth-order valence-electron chi connectivity index (χ4n) is 1.64. The highest BCUT2D eigenvalue weighted by Gasteiger charge is 2.24. The van der Waals surface area contributed by atoms with Crippen molar-refractivity contribution in [2.75, 3.05) is 6.61 Å². The Balaban J connectivity index is 2.29. The Morgan fingerprint density at radius 3 is 2.82 bits per heavy atom. The van der Waals surface area contributed by atoms with E-state index in [0.29, 0.717) is 5.92 Å². The molecule has 11 heavy (non-hydrogen) atoms. The lowest BCUT2D eigenvalue weighted by atomic mass is 9.92. The van der Waals surface area contributed by atoms with Gasteiger partial charge in [0.15, 0.2) is 0 Å². The monoisotopic (exact) mass is 176 g/mol. The summed E-state index contributed by atoms with van der Waals surface area (Å²) in [4.78, 5) is 0.